The Morgan fingerprint density at radius 1 is 1.16 bits per heavy atom. The molecule has 0 aliphatic heterocycles. The third-order valence-electron chi connectivity index (χ3n) is 3.79. The lowest BCUT2D eigenvalue weighted by atomic mass is 10.1. The highest BCUT2D eigenvalue weighted by molar-refractivity contribution is 7.16. The molecule has 2 rings (SSSR count). The van der Waals surface area contributed by atoms with E-state index < -0.39 is 12.1 Å². The first-order valence-electron chi connectivity index (χ1n) is 8.27. The number of amides is 1. The molecule has 1 amide bonds. The summed E-state index contributed by atoms with van der Waals surface area (Å²) in [5.74, 6) is -0.0662. The molecule has 0 bridgehead atoms. The van der Waals surface area contributed by atoms with Crippen molar-refractivity contribution >= 4 is 28.2 Å². The lowest BCUT2D eigenvalue weighted by Gasteiger charge is -2.17. The molecule has 1 N–H and O–H groups in total. The maximum atomic E-state index is 12.6. The second kappa shape index (κ2) is 8.67. The van der Waals surface area contributed by atoms with Crippen molar-refractivity contribution in [1.82, 2.24) is 0 Å². The van der Waals surface area contributed by atoms with E-state index in [1.54, 1.807) is 19.1 Å². The molecule has 0 aliphatic carbocycles. The van der Waals surface area contributed by atoms with Crippen molar-refractivity contribution in [2.24, 2.45) is 0 Å². The molecule has 134 valence electrons. The Morgan fingerprint density at radius 3 is 2.44 bits per heavy atom. The third-order valence-corrected chi connectivity index (χ3v) is 4.91. The van der Waals surface area contributed by atoms with Gasteiger partial charge in [-0.25, -0.2) is 4.79 Å². The molecule has 0 radical (unpaired) electrons. The van der Waals surface area contributed by atoms with Gasteiger partial charge in [-0.2, -0.15) is 0 Å². The number of para-hydroxylation sites is 1. The van der Waals surface area contributed by atoms with Gasteiger partial charge in [0.1, 0.15) is 10.8 Å². The fourth-order valence-corrected chi connectivity index (χ4v) is 3.39. The first-order chi connectivity index (χ1) is 12.0. The summed E-state index contributed by atoms with van der Waals surface area (Å²) >= 11 is 1.37. The molecule has 0 spiro atoms. The molecule has 0 saturated carbocycles. The average Bonchev–Trinajstić information content (AvgIpc) is 2.87. The number of benzene rings is 1. The second-order valence-electron chi connectivity index (χ2n) is 5.52. The molecule has 0 aliphatic rings. The summed E-state index contributed by atoms with van der Waals surface area (Å²) in [5.41, 5.74) is 1.25. The van der Waals surface area contributed by atoms with Gasteiger partial charge >= 0.3 is 5.97 Å². The Kier molecular flexibility index (Phi) is 6.58. The molecule has 0 fully saturated rings. The van der Waals surface area contributed by atoms with E-state index in [0.29, 0.717) is 22.7 Å². The number of hydrogen-bond acceptors (Lipinski definition) is 5. The number of hydrogen-bond donors (Lipinski definition) is 1. The highest BCUT2D eigenvalue weighted by atomic mass is 32.1. The molecule has 2 aromatic rings. The van der Waals surface area contributed by atoms with Crippen LogP contribution in [0.3, 0.4) is 0 Å². The lowest BCUT2D eigenvalue weighted by Crippen LogP contribution is -2.32. The second-order valence-corrected chi connectivity index (χ2v) is 6.75. The average molecular weight is 361 g/mol. The number of thiophene rings is 1. The SMILES string of the molecule is CCOC(=O)c1c(NC(=O)C(CC)Oc2ccccc2)sc(C)c1C. The van der Waals surface area contributed by atoms with E-state index in [2.05, 4.69) is 5.32 Å². The van der Waals surface area contributed by atoms with Crippen molar-refractivity contribution in [2.75, 3.05) is 11.9 Å². The minimum Gasteiger partial charge on any atom is -0.481 e. The van der Waals surface area contributed by atoms with E-state index in [9.17, 15) is 9.59 Å². The third kappa shape index (κ3) is 4.60. The van der Waals surface area contributed by atoms with Crippen molar-refractivity contribution in [3.63, 3.8) is 0 Å². The number of anilines is 1. The Bertz CT molecular complexity index is 739. The van der Waals surface area contributed by atoms with E-state index in [1.807, 2.05) is 39.0 Å². The Hall–Kier alpha value is -2.34. The number of carbonyl (C=O) groups excluding carboxylic acids is 2. The Labute approximate surface area is 152 Å². The van der Waals surface area contributed by atoms with Crippen molar-refractivity contribution in [3.8, 4) is 5.75 Å². The molecular weight excluding hydrogens is 338 g/mol. The maximum absolute atomic E-state index is 12.6. The molecule has 1 heterocycles. The monoisotopic (exact) mass is 361 g/mol. The van der Waals surface area contributed by atoms with Crippen molar-refractivity contribution < 1.29 is 19.1 Å². The summed E-state index contributed by atoms with van der Waals surface area (Å²) in [6.07, 6.45) is -0.126. The predicted molar refractivity (Wildman–Crippen MR) is 99.5 cm³/mol. The van der Waals surface area contributed by atoms with Crippen LogP contribution < -0.4 is 10.1 Å². The molecule has 1 aromatic heterocycles. The van der Waals surface area contributed by atoms with Gasteiger partial charge in [0.25, 0.3) is 5.91 Å². The fourth-order valence-electron chi connectivity index (χ4n) is 2.34. The fraction of sp³-hybridized carbons (Fsp3) is 0.368. The number of esters is 1. The number of rotatable bonds is 7. The van der Waals surface area contributed by atoms with E-state index in [-0.39, 0.29) is 12.5 Å². The highest BCUT2D eigenvalue weighted by Gasteiger charge is 2.25. The van der Waals surface area contributed by atoms with E-state index in [1.165, 1.54) is 11.3 Å². The summed E-state index contributed by atoms with van der Waals surface area (Å²) < 4.78 is 10.9. The van der Waals surface area contributed by atoms with Crippen LogP contribution in [0.25, 0.3) is 0 Å². The van der Waals surface area contributed by atoms with Gasteiger partial charge in [-0.3, -0.25) is 4.79 Å². The molecule has 25 heavy (non-hydrogen) atoms. The van der Waals surface area contributed by atoms with Gasteiger partial charge in [0.2, 0.25) is 0 Å². The van der Waals surface area contributed by atoms with Gasteiger partial charge in [0.05, 0.1) is 12.2 Å². The van der Waals surface area contributed by atoms with Gasteiger partial charge in [-0.05, 0) is 44.9 Å². The summed E-state index contributed by atoms with van der Waals surface area (Å²) in [6, 6.07) is 9.20. The standard InChI is InChI=1S/C19H23NO4S/c1-5-15(24-14-10-8-7-9-11-14)17(21)20-18-16(19(22)23-6-2)12(3)13(4)25-18/h7-11,15H,5-6H2,1-4H3,(H,20,21). The van der Waals surface area contributed by atoms with Gasteiger partial charge in [0.15, 0.2) is 6.10 Å². The van der Waals surface area contributed by atoms with Crippen LogP contribution in [0.15, 0.2) is 30.3 Å². The molecule has 1 aromatic carbocycles. The van der Waals surface area contributed by atoms with E-state index in [0.717, 1.165) is 10.4 Å². The number of carbonyl (C=O) groups is 2. The Balaban J connectivity index is 2.18. The summed E-state index contributed by atoms with van der Waals surface area (Å²) in [6.45, 7) is 7.69. The maximum Gasteiger partial charge on any atom is 0.341 e. The largest absolute Gasteiger partial charge is 0.481 e. The van der Waals surface area contributed by atoms with E-state index >= 15 is 0 Å². The predicted octanol–water partition coefficient (Wildman–Crippen LogP) is 4.34. The van der Waals surface area contributed by atoms with Crippen LogP contribution in [0.5, 0.6) is 5.75 Å². The first kappa shape index (κ1) is 19.0. The molecule has 1 atom stereocenters. The topological polar surface area (TPSA) is 64.6 Å². The first-order valence-corrected chi connectivity index (χ1v) is 9.09. The summed E-state index contributed by atoms with van der Waals surface area (Å²) in [4.78, 5) is 25.8. The van der Waals surface area contributed by atoms with Crippen molar-refractivity contribution in [3.05, 3.63) is 46.3 Å². The van der Waals surface area contributed by atoms with Gasteiger partial charge in [0, 0.05) is 4.88 Å². The Morgan fingerprint density at radius 2 is 1.84 bits per heavy atom. The number of ether oxygens (including phenoxy) is 2. The normalized spacial score (nSPS) is 11.7. The summed E-state index contributed by atoms with van der Waals surface area (Å²) in [7, 11) is 0. The zero-order valence-electron chi connectivity index (χ0n) is 14.9. The van der Waals surface area contributed by atoms with Crippen LogP contribution in [0.2, 0.25) is 0 Å². The zero-order chi connectivity index (χ0) is 18.4. The van der Waals surface area contributed by atoms with Crippen LogP contribution in [0, 0.1) is 13.8 Å². The molecule has 5 nitrogen and oxygen atoms in total. The number of aryl methyl sites for hydroxylation is 1. The van der Waals surface area contributed by atoms with Crippen LogP contribution in [-0.4, -0.2) is 24.6 Å². The smallest absolute Gasteiger partial charge is 0.341 e. The molecule has 1 unspecified atom stereocenters. The van der Waals surface area contributed by atoms with Crippen LogP contribution >= 0.6 is 11.3 Å². The van der Waals surface area contributed by atoms with Crippen molar-refractivity contribution in [2.45, 2.75) is 40.2 Å². The quantitative estimate of drug-likeness (QED) is 0.745. The van der Waals surface area contributed by atoms with Gasteiger partial charge in [-0.15, -0.1) is 11.3 Å². The van der Waals surface area contributed by atoms with Crippen LogP contribution in [0.4, 0.5) is 5.00 Å². The van der Waals surface area contributed by atoms with E-state index in [4.69, 9.17) is 9.47 Å². The molecular formula is C19H23NO4S. The highest BCUT2D eigenvalue weighted by Crippen LogP contribution is 2.33. The number of nitrogens with one attached hydrogen (secondary N) is 1. The van der Waals surface area contributed by atoms with Crippen LogP contribution in [-0.2, 0) is 9.53 Å². The van der Waals surface area contributed by atoms with Crippen molar-refractivity contribution in [1.29, 1.82) is 0 Å². The van der Waals surface area contributed by atoms with Crippen LogP contribution in [0.1, 0.15) is 41.1 Å². The van der Waals surface area contributed by atoms with Gasteiger partial charge in [-0.1, -0.05) is 25.1 Å². The molecule has 6 heteroatoms. The summed E-state index contributed by atoms with van der Waals surface area (Å²) in [5, 5.41) is 3.34. The zero-order valence-corrected chi connectivity index (χ0v) is 15.7. The van der Waals surface area contributed by atoms with Gasteiger partial charge < -0.3 is 14.8 Å². The minimum absolute atomic E-state index is 0.279. The minimum atomic E-state index is -0.639. The lowest BCUT2D eigenvalue weighted by molar-refractivity contribution is -0.122. The molecule has 0 saturated heterocycles.